The first kappa shape index (κ1) is 20.8. The number of methoxy groups -OCH3 is 1. The van der Waals surface area contributed by atoms with Crippen LogP contribution in [0, 0.1) is 6.92 Å². The molecule has 0 aliphatic rings. The maximum atomic E-state index is 12.8. The Hall–Kier alpha value is -3.93. The van der Waals surface area contributed by atoms with Gasteiger partial charge in [-0.05, 0) is 25.1 Å². The van der Waals surface area contributed by atoms with Gasteiger partial charge in [0.05, 0.1) is 18.4 Å². The van der Waals surface area contributed by atoms with Gasteiger partial charge in [-0.25, -0.2) is 4.79 Å². The molecule has 6 heteroatoms. The lowest BCUT2D eigenvalue weighted by Gasteiger charge is -2.11. The number of hydrogen-bond donors (Lipinski definition) is 1. The van der Waals surface area contributed by atoms with Crippen molar-refractivity contribution >= 4 is 23.3 Å². The molecule has 0 heterocycles. The Balaban J connectivity index is 1.69. The van der Waals surface area contributed by atoms with E-state index in [1.807, 2.05) is 19.1 Å². The van der Waals surface area contributed by atoms with Crippen molar-refractivity contribution in [2.75, 3.05) is 19.0 Å². The molecule has 0 radical (unpaired) electrons. The van der Waals surface area contributed by atoms with Crippen molar-refractivity contribution in [3.63, 3.8) is 0 Å². The van der Waals surface area contributed by atoms with Gasteiger partial charge >= 0.3 is 5.97 Å². The summed E-state index contributed by atoms with van der Waals surface area (Å²) in [6, 6.07) is 20.4. The largest absolute Gasteiger partial charge is 0.495 e. The summed E-state index contributed by atoms with van der Waals surface area (Å²) >= 11 is 0. The summed E-state index contributed by atoms with van der Waals surface area (Å²) in [5.74, 6) is -1.07. The second-order valence-electron chi connectivity index (χ2n) is 6.57. The molecular formula is C24H21NO5. The molecule has 0 saturated heterocycles. The van der Waals surface area contributed by atoms with Crippen LogP contribution in [0.25, 0.3) is 0 Å². The van der Waals surface area contributed by atoms with Crippen LogP contribution in [-0.2, 0) is 9.53 Å². The summed E-state index contributed by atoms with van der Waals surface area (Å²) < 4.78 is 10.3. The Morgan fingerprint density at radius 1 is 0.833 bits per heavy atom. The van der Waals surface area contributed by atoms with Gasteiger partial charge in [-0.15, -0.1) is 0 Å². The molecular weight excluding hydrogens is 382 g/mol. The number of carbonyl (C=O) groups excluding carboxylic acids is 3. The fourth-order valence-electron chi connectivity index (χ4n) is 2.86. The summed E-state index contributed by atoms with van der Waals surface area (Å²) in [4.78, 5) is 37.6. The molecule has 1 N–H and O–H groups in total. The van der Waals surface area contributed by atoms with E-state index in [2.05, 4.69) is 5.32 Å². The van der Waals surface area contributed by atoms with Crippen molar-refractivity contribution in [1.82, 2.24) is 0 Å². The lowest BCUT2D eigenvalue weighted by Crippen LogP contribution is -2.22. The predicted molar refractivity (Wildman–Crippen MR) is 113 cm³/mol. The molecule has 0 aromatic heterocycles. The zero-order valence-corrected chi connectivity index (χ0v) is 16.7. The van der Waals surface area contributed by atoms with Gasteiger partial charge in [-0.2, -0.15) is 0 Å². The van der Waals surface area contributed by atoms with Crippen LogP contribution in [0.4, 0.5) is 5.69 Å². The van der Waals surface area contributed by atoms with Gasteiger partial charge in [0, 0.05) is 11.1 Å². The van der Waals surface area contributed by atoms with Gasteiger partial charge in [-0.1, -0.05) is 60.2 Å². The van der Waals surface area contributed by atoms with Crippen molar-refractivity contribution in [3.05, 3.63) is 95.1 Å². The molecule has 0 saturated carbocycles. The van der Waals surface area contributed by atoms with E-state index in [9.17, 15) is 14.4 Å². The second kappa shape index (κ2) is 9.52. The van der Waals surface area contributed by atoms with Crippen LogP contribution < -0.4 is 10.1 Å². The molecule has 0 atom stereocenters. The molecule has 0 unspecified atom stereocenters. The molecule has 1 amide bonds. The van der Waals surface area contributed by atoms with Crippen LogP contribution in [-0.4, -0.2) is 31.4 Å². The van der Waals surface area contributed by atoms with Gasteiger partial charge in [0.2, 0.25) is 0 Å². The van der Waals surface area contributed by atoms with E-state index < -0.39 is 18.5 Å². The second-order valence-corrected chi connectivity index (χ2v) is 6.57. The first-order valence-electron chi connectivity index (χ1n) is 9.30. The molecule has 6 nitrogen and oxygen atoms in total. The molecule has 0 spiro atoms. The quantitative estimate of drug-likeness (QED) is 0.476. The highest BCUT2D eigenvalue weighted by Crippen LogP contribution is 2.23. The molecule has 3 aromatic rings. The van der Waals surface area contributed by atoms with Crippen molar-refractivity contribution in [3.8, 4) is 5.75 Å². The minimum atomic E-state index is -0.749. The minimum absolute atomic E-state index is 0.105. The molecule has 0 bridgehead atoms. The van der Waals surface area contributed by atoms with Gasteiger partial charge in [-0.3, -0.25) is 9.59 Å². The highest BCUT2D eigenvalue weighted by Gasteiger charge is 2.20. The lowest BCUT2D eigenvalue weighted by molar-refractivity contribution is -0.119. The maximum absolute atomic E-state index is 12.8. The molecule has 30 heavy (non-hydrogen) atoms. The Kier molecular flexibility index (Phi) is 6.60. The predicted octanol–water partition coefficient (Wildman–Crippen LogP) is 4.03. The molecule has 0 aliphatic carbocycles. The van der Waals surface area contributed by atoms with Crippen LogP contribution in [0.1, 0.15) is 31.8 Å². The monoisotopic (exact) mass is 403 g/mol. The van der Waals surface area contributed by atoms with Crippen LogP contribution >= 0.6 is 0 Å². The third-order valence-electron chi connectivity index (χ3n) is 4.42. The molecule has 0 aliphatic heterocycles. The number of hydrogen-bond acceptors (Lipinski definition) is 5. The number of ketones is 1. The fraction of sp³-hybridized carbons (Fsp3) is 0.125. The Morgan fingerprint density at radius 2 is 1.47 bits per heavy atom. The van der Waals surface area contributed by atoms with E-state index in [0.29, 0.717) is 17.0 Å². The van der Waals surface area contributed by atoms with Gasteiger partial charge in [0.1, 0.15) is 5.75 Å². The third kappa shape index (κ3) is 4.91. The summed E-state index contributed by atoms with van der Waals surface area (Å²) in [6.07, 6.45) is 0. The molecule has 3 aromatic carbocycles. The number of benzene rings is 3. The van der Waals surface area contributed by atoms with Gasteiger partial charge in [0.25, 0.3) is 5.91 Å². The van der Waals surface area contributed by atoms with E-state index in [1.165, 1.54) is 13.2 Å². The topological polar surface area (TPSA) is 81.7 Å². The standard InChI is InChI=1S/C24H21NO5/c1-16-11-13-17(14-12-16)23(27)18-7-3-4-8-19(18)24(28)30-15-22(26)25-20-9-5-6-10-21(20)29-2/h3-14H,15H2,1-2H3,(H,25,26). The first-order chi connectivity index (χ1) is 14.5. The van der Waals surface area contributed by atoms with Crippen molar-refractivity contribution < 1.29 is 23.9 Å². The van der Waals surface area contributed by atoms with E-state index in [-0.39, 0.29) is 16.9 Å². The first-order valence-corrected chi connectivity index (χ1v) is 9.30. The van der Waals surface area contributed by atoms with Crippen LogP contribution in [0.5, 0.6) is 5.75 Å². The van der Waals surface area contributed by atoms with Crippen molar-refractivity contribution in [2.24, 2.45) is 0 Å². The number of nitrogens with one attached hydrogen (secondary N) is 1. The zero-order valence-electron chi connectivity index (χ0n) is 16.7. The summed E-state index contributed by atoms with van der Waals surface area (Å²) in [7, 11) is 1.49. The van der Waals surface area contributed by atoms with Gasteiger partial charge < -0.3 is 14.8 Å². The zero-order chi connectivity index (χ0) is 21.5. The molecule has 152 valence electrons. The number of amides is 1. The summed E-state index contributed by atoms with van der Waals surface area (Å²) in [5, 5.41) is 2.63. The van der Waals surface area contributed by atoms with Crippen LogP contribution in [0.3, 0.4) is 0 Å². The normalized spacial score (nSPS) is 10.2. The van der Waals surface area contributed by atoms with Crippen LogP contribution in [0.2, 0.25) is 0 Å². The number of para-hydroxylation sites is 2. The highest BCUT2D eigenvalue weighted by atomic mass is 16.5. The maximum Gasteiger partial charge on any atom is 0.339 e. The SMILES string of the molecule is COc1ccccc1NC(=O)COC(=O)c1ccccc1C(=O)c1ccc(C)cc1. The Labute approximate surface area is 174 Å². The Bertz CT molecular complexity index is 1070. The molecule has 0 fully saturated rings. The number of anilines is 1. The molecule has 3 rings (SSSR count). The van der Waals surface area contributed by atoms with Crippen molar-refractivity contribution in [2.45, 2.75) is 6.92 Å². The Morgan fingerprint density at radius 3 is 2.17 bits per heavy atom. The summed E-state index contributed by atoms with van der Waals surface area (Å²) in [6.45, 7) is 1.43. The van der Waals surface area contributed by atoms with E-state index in [1.54, 1.807) is 54.6 Å². The number of aryl methyl sites for hydroxylation is 1. The van der Waals surface area contributed by atoms with Gasteiger partial charge in [0.15, 0.2) is 12.4 Å². The summed E-state index contributed by atoms with van der Waals surface area (Å²) in [5.41, 5.74) is 2.29. The lowest BCUT2D eigenvalue weighted by atomic mass is 9.98. The average molecular weight is 403 g/mol. The minimum Gasteiger partial charge on any atom is -0.495 e. The van der Waals surface area contributed by atoms with Crippen LogP contribution in [0.15, 0.2) is 72.8 Å². The number of rotatable bonds is 7. The third-order valence-corrected chi connectivity index (χ3v) is 4.42. The smallest absolute Gasteiger partial charge is 0.339 e. The number of ether oxygens (including phenoxy) is 2. The number of esters is 1. The fourth-order valence-corrected chi connectivity index (χ4v) is 2.86. The average Bonchev–Trinajstić information content (AvgIpc) is 2.78. The van der Waals surface area contributed by atoms with E-state index >= 15 is 0 Å². The highest BCUT2D eigenvalue weighted by molar-refractivity contribution is 6.14. The van der Waals surface area contributed by atoms with E-state index in [0.717, 1.165) is 5.56 Å². The van der Waals surface area contributed by atoms with Crippen molar-refractivity contribution in [1.29, 1.82) is 0 Å². The number of carbonyl (C=O) groups is 3. The van der Waals surface area contributed by atoms with E-state index in [4.69, 9.17) is 9.47 Å².